The summed E-state index contributed by atoms with van der Waals surface area (Å²) in [4.78, 5) is 20.2. The molecule has 1 amide bonds. The number of carbonyl (C=O) groups excluding carboxylic acids is 1. The number of hydrogen-bond donors (Lipinski definition) is 1. The van der Waals surface area contributed by atoms with Gasteiger partial charge in [-0.1, -0.05) is 36.7 Å². The second kappa shape index (κ2) is 6.90. The van der Waals surface area contributed by atoms with Crippen molar-refractivity contribution >= 4 is 49.8 Å². The lowest BCUT2D eigenvalue weighted by atomic mass is 10.2. The first-order chi connectivity index (χ1) is 12.2. The van der Waals surface area contributed by atoms with Crippen LogP contribution in [0.3, 0.4) is 0 Å². The number of fused-ring (bicyclic) bond motifs is 3. The molecule has 25 heavy (non-hydrogen) atoms. The number of nitrogens with zero attached hydrogens (tertiary/aromatic N) is 2. The summed E-state index contributed by atoms with van der Waals surface area (Å²) in [6, 6.07) is 10.2. The molecule has 1 N–H and O–H groups in total. The molecule has 1 unspecified atom stereocenters. The molecule has 4 rings (SSSR count). The van der Waals surface area contributed by atoms with Crippen LogP contribution in [-0.2, 0) is 0 Å². The van der Waals surface area contributed by atoms with Crippen LogP contribution in [0, 0.1) is 0 Å². The third-order valence-corrected chi connectivity index (χ3v) is 6.40. The van der Waals surface area contributed by atoms with E-state index in [0.717, 1.165) is 40.5 Å². The van der Waals surface area contributed by atoms with Crippen molar-refractivity contribution in [1.29, 1.82) is 0 Å². The smallest absolute Gasteiger partial charge is 0.261 e. The molecule has 0 bridgehead atoms. The van der Waals surface area contributed by atoms with Gasteiger partial charge in [0.2, 0.25) is 0 Å². The van der Waals surface area contributed by atoms with Crippen LogP contribution in [0.1, 0.15) is 29.4 Å². The van der Waals surface area contributed by atoms with E-state index < -0.39 is 0 Å². The number of nitrogens with one attached hydrogen (secondary N) is 1. The Labute approximate surface area is 155 Å². The number of pyridine rings is 1. The van der Waals surface area contributed by atoms with Crippen LogP contribution in [-0.4, -0.2) is 41.5 Å². The van der Waals surface area contributed by atoms with Gasteiger partial charge in [-0.05, 0) is 38.1 Å². The van der Waals surface area contributed by atoms with Crippen LogP contribution in [0.25, 0.3) is 21.0 Å². The summed E-state index contributed by atoms with van der Waals surface area (Å²) in [6.07, 6.45) is 2.37. The van der Waals surface area contributed by atoms with Gasteiger partial charge < -0.3 is 5.32 Å². The zero-order chi connectivity index (χ0) is 17.4. The first-order valence-electron chi connectivity index (χ1n) is 8.67. The fraction of sp³-hybridized carbons (Fsp3) is 0.368. The predicted molar refractivity (Wildman–Crippen MR) is 105 cm³/mol. The highest BCUT2D eigenvalue weighted by atomic mass is 35.5. The lowest BCUT2D eigenvalue weighted by molar-refractivity contribution is 0.0945. The third-order valence-electron chi connectivity index (χ3n) is 4.95. The summed E-state index contributed by atoms with van der Waals surface area (Å²) in [6.45, 7) is 5.05. The maximum atomic E-state index is 12.6. The number of hydrogen-bond acceptors (Lipinski definition) is 4. The lowest BCUT2D eigenvalue weighted by Gasteiger charge is -2.22. The Bertz CT molecular complexity index is 939. The Morgan fingerprint density at radius 1 is 1.40 bits per heavy atom. The number of thiophene rings is 1. The van der Waals surface area contributed by atoms with E-state index in [2.05, 4.69) is 22.1 Å². The first-order valence-corrected chi connectivity index (χ1v) is 9.87. The zero-order valence-corrected chi connectivity index (χ0v) is 15.7. The molecule has 3 aromatic rings. The zero-order valence-electron chi connectivity index (χ0n) is 14.1. The minimum absolute atomic E-state index is 0.0238. The molecule has 1 fully saturated rings. The molecule has 6 heteroatoms. The van der Waals surface area contributed by atoms with E-state index in [1.807, 2.05) is 30.3 Å². The second-order valence-corrected chi connectivity index (χ2v) is 7.82. The van der Waals surface area contributed by atoms with Gasteiger partial charge >= 0.3 is 0 Å². The Hall–Kier alpha value is -1.69. The summed E-state index contributed by atoms with van der Waals surface area (Å²) in [5.74, 6) is -0.0238. The quantitative estimate of drug-likeness (QED) is 0.693. The molecule has 1 aliphatic rings. The molecule has 130 valence electrons. The second-order valence-electron chi connectivity index (χ2n) is 6.41. The van der Waals surface area contributed by atoms with Crippen molar-refractivity contribution in [2.45, 2.75) is 25.8 Å². The van der Waals surface area contributed by atoms with Gasteiger partial charge in [-0.3, -0.25) is 9.69 Å². The summed E-state index contributed by atoms with van der Waals surface area (Å²) in [7, 11) is 0. The standard InChI is InChI=1S/C19H20ClN3OS/c1-2-23-9-5-6-12(23)11-21-19(24)16-10-14-17(25-16)13-7-3-4-8-15(13)22-18(14)20/h3-4,7-8,10,12H,2,5-6,9,11H2,1H3,(H,21,24). The third kappa shape index (κ3) is 3.12. The summed E-state index contributed by atoms with van der Waals surface area (Å²) in [5.41, 5.74) is 0.860. The van der Waals surface area contributed by atoms with Crippen LogP contribution in [0.2, 0.25) is 5.15 Å². The Kier molecular flexibility index (Phi) is 4.63. The maximum absolute atomic E-state index is 12.6. The molecule has 0 radical (unpaired) electrons. The number of para-hydroxylation sites is 1. The topological polar surface area (TPSA) is 45.2 Å². The SMILES string of the molecule is CCN1CCCC1CNC(=O)c1cc2c(Cl)nc3ccccc3c2s1. The molecule has 3 heterocycles. The Morgan fingerprint density at radius 2 is 2.24 bits per heavy atom. The normalized spacial score (nSPS) is 18.2. The highest BCUT2D eigenvalue weighted by Crippen LogP contribution is 2.35. The van der Waals surface area contributed by atoms with Gasteiger partial charge in [0.05, 0.1) is 10.4 Å². The van der Waals surface area contributed by atoms with Gasteiger partial charge in [0.1, 0.15) is 5.15 Å². The fourth-order valence-electron chi connectivity index (χ4n) is 3.63. The van der Waals surface area contributed by atoms with Gasteiger partial charge in [-0.15, -0.1) is 11.3 Å². The van der Waals surface area contributed by atoms with Crippen molar-refractivity contribution < 1.29 is 4.79 Å². The van der Waals surface area contributed by atoms with Crippen LogP contribution < -0.4 is 5.32 Å². The van der Waals surface area contributed by atoms with Crippen LogP contribution in [0.15, 0.2) is 30.3 Å². The van der Waals surface area contributed by atoms with E-state index in [1.54, 1.807) is 0 Å². The van der Waals surface area contributed by atoms with Crippen molar-refractivity contribution in [1.82, 2.24) is 15.2 Å². The fourth-order valence-corrected chi connectivity index (χ4v) is 5.03. The van der Waals surface area contributed by atoms with E-state index in [4.69, 9.17) is 11.6 Å². The van der Waals surface area contributed by atoms with E-state index in [1.165, 1.54) is 17.8 Å². The lowest BCUT2D eigenvalue weighted by Crippen LogP contribution is -2.39. The van der Waals surface area contributed by atoms with Gasteiger partial charge in [-0.25, -0.2) is 4.98 Å². The number of carbonyl (C=O) groups is 1. The molecule has 1 saturated heterocycles. The van der Waals surface area contributed by atoms with Gasteiger partial charge in [0.15, 0.2) is 0 Å². The molecule has 1 aromatic carbocycles. The van der Waals surface area contributed by atoms with E-state index in [0.29, 0.717) is 22.6 Å². The minimum Gasteiger partial charge on any atom is -0.350 e. The number of amides is 1. The van der Waals surface area contributed by atoms with Crippen molar-refractivity contribution in [3.05, 3.63) is 40.4 Å². The summed E-state index contributed by atoms with van der Waals surface area (Å²) >= 11 is 7.82. The monoisotopic (exact) mass is 373 g/mol. The average molecular weight is 374 g/mol. The molecule has 2 aromatic heterocycles. The van der Waals surface area contributed by atoms with Crippen LogP contribution >= 0.6 is 22.9 Å². The van der Waals surface area contributed by atoms with Crippen molar-refractivity contribution in [2.75, 3.05) is 19.6 Å². The highest BCUT2D eigenvalue weighted by Gasteiger charge is 2.24. The number of aromatic nitrogens is 1. The Balaban J connectivity index is 1.60. The molecule has 1 aliphatic heterocycles. The van der Waals surface area contributed by atoms with E-state index in [9.17, 15) is 4.79 Å². The van der Waals surface area contributed by atoms with Gasteiger partial charge in [0, 0.05) is 28.1 Å². The van der Waals surface area contributed by atoms with Crippen LogP contribution in [0.5, 0.6) is 0 Å². The van der Waals surface area contributed by atoms with Crippen molar-refractivity contribution in [2.24, 2.45) is 0 Å². The predicted octanol–water partition coefficient (Wildman–Crippen LogP) is 4.32. The highest BCUT2D eigenvalue weighted by molar-refractivity contribution is 7.21. The number of likely N-dealkylation sites (N-methyl/N-ethyl adjacent to an activating group) is 1. The average Bonchev–Trinajstić information content (AvgIpc) is 3.27. The van der Waals surface area contributed by atoms with Crippen molar-refractivity contribution in [3.8, 4) is 0 Å². The number of likely N-dealkylation sites (tertiary alicyclic amines) is 1. The number of rotatable bonds is 4. The summed E-state index contributed by atoms with van der Waals surface area (Å²) in [5, 5.41) is 5.45. The number of halogens is 1. The molecule has 0 saturated carbocycles. The molecule has 0 spiro atoms. The van der Waals surface area contributed by atoms with E-state index >= 15 is 0 Å². The molecule has 4 nitrogen and oxygen atoms in total. The molecular formula is C19H20ClN3OS. The van der Waals surface area contributed by atoms with E-state index in [-0.39, 0.29) is 5.91 Å². The van der Waals surface area contributed by atoms with Gasteiger partial charge in [-0.2, -0.15) is 0 Å². The molecule has 1 atom stereocenters. The number of benzene rings is 1. The van der Waals surface area contributed by atoms with Crippen LogP contribution in [0.4, 0.5) is 0 Å². The van der Waals surface area contributed by atoms with Crippen molar-refractivity contribution in [3.63, 3.8) is 0 Å². The Morgan fingerprint density at radius 3 is 3.08 bits per heavy atom. The largest absolute Gasteiger partial charge is 0.350 e. The first kappa shape index (κ1) is 16.8. The molecular weight excluding hydrogens is 354 g/mol. The molecule has 0 aliphatic carbocycles. The minimum atomic E-state index is -0.0238. The van der Waals surface area contributed by atoms with Gasteiger partial charge in [0.25, 0.3) is 5.91 Å². The maximum Gasteiger partial charge on any atom is 0.261 e. The summed E-state index contributed by atoms with van der Waals surface area (Å²) < 4.78 is 1.02.